The van der Waals surface area contributed by atoms with Crippen molar-refractivity contribution in [1.82, 2.24) is 9.80 Å². The van der Waals surface area contributed by atoms with Crippen LogP contribution < -0.4 is 5.32 Å². The van der Waals surface area contributed by atoms with E-state index in [1.165, 1.54) is 6.92 Å². The normalized spacial score (nSPS) is 17.1. The zero-order valence-corrected chi connectivity index (χ0v) is 21.6. The predicted molar refractivity (Wildman–Crippen MR) is 136 cm³/mol. The van der Waals surface area contributed by atoms with E-state index in [4.69, 9.17) is 30.9 Å². The average molecular weight is 488 g/mol. The second-order valence-electron chi connectivity index (χ2n) is 9.80. The summed E-state index contributed by atoms with van der Waals surface area (Å²) in [6, 6.07) is 3.57. The monoisotopic (exact) mass is 487 g/mol. The Hall–Kier alpha value is -3.47. The summed E-state index contributed by atoms with van der Waals surface area (Å²) in [5.74, 6) is -0.597. The van der Waals surface area contributed by atoms with Gasteiger partial charge in [-0.25, -0.2) is 4.79 Å². The minimum absolute atomic E-state index is 0.00939. The van der Waals surface area contributed by atoms with E-state index in [0.717, 1.165) is 16.7 Å². The van der Waals surface area contributed by atoms with Crippen LogP contribution in [0.15, 0.2) is 17.3 Å². The first-order valence-corrected chi connectivity index (χ1v) is 11.4. The smallest absolute Gasteiger partial charge is 0.410 e. The Morgan fingerprint density at radius 3 is 2.46 bits per heavy atom. The highest BCUT2D eigenvalue weighted by atomic mass is 16.6. The summed E-state index contributed by atoms with van der Waals surface area (Å²) in [7, 11) is 0. The molecular formula is C24H37N7O4. The molecule has 11 heteroatoms. The van der Waals surface area contributed by atoms with Crippen molar-refractivity contribution < 1.29 is 19.5 Å². The van der Waals surface area contributed by atoms with Crippen molar-refractivity contribution in [2.24, 2.45) is 5.16 Å². The summed E-state index contributed by atoms with van der Waals surface area (Å²) in [6.45, 7) is 15.5. The molecule has 1 amide bonds. The molecule has 5 N–H and O–H groups in total. The van der Waals surface area contributed by atoms with E-state index in [1.54, 1.807) is 4.90 Å². The maximum absolute atomic E-state index is 12.5. The largest absolute Gasteiger partial charge is 0.444 e. The zero-order valence-electron chi connectivity index (χ0n) is 21.6. The summed E-state index contributed by atoms with van der Waals surface area (Å²) in [4.78, 5) is 16.6. The summed E-state index contributed by atoms with van der Waals surface area (Å²) >= 11 is 0. The van der Waals surface area contributed by atoms with Crippen LogP contribution in [0.5, 0.6) is 0 Å². The molecule has 11 nitrogen and oxygen atoms in total. The van der Waals surface area contributed by atoms with Crippen LogP contribution in [0.25, 0.3) is 0 Å². The summed E-state index contributed by atoms with van der Waals surface area (Å²) < 4.78 is 10.6. The fraction of sp³-hybridized carbons (Fsp3) is 0.542. The molecule has 0 unspecified atom stereocenters. The van der Waals surface area contributed by atoms with Gasteiger partial charge in [-0.15, -0.1) is 0 Å². The van der Waals surface area contributed by atoms with Crippen LogP contribution in [-0.2, 0) is 16.0 Å². The average Bonchev–Trinajstić information content (AvgIpc) is 2.74. The maximum atomic E-state index is 12.5. The Kier molecular flexibility index (Phi) is 8.97. The molecule has 1 aromatic carbocycles. The Morgan fingerprint density at radius 1 is 1.23 bits per heavy atom. The third-order valence-electron chi connectivity index (χ3n) is 5.58. The highest BCUT2D eigenvalue weighted by Crippen LogP contribution is 2.25. The minimum Gasteiger partial charge on any atom is -0.444 e. The van der Waals surface area contributed by atoms with Crippen molar-refractivity contribution in [3.63, 3.8) is 0 Å². The second-order valence-corrected chi connectivity index (χ2v) is 9.80. The van der Waals surface area contributed by atoms with Crippen molar-refractivity contribution >= 4 is 35.1 Å². The van der Waals surface area contributed by atoms with Crippen molar-refractivity contribution in [2.45, 2.75) is 66.7 Å². The molecule has 192 valence electrons. The van der Waals surface area contributed by atoms with E-state index in [9.17, 15) is 4.79 Å². The van der Waals surface area contributed by atoms with E-state index >= 15 is 0 Å². The number of ether oxygens (including phenoxy) is 2. The number of carbonyl (C=O) groups excluding carboxylic acids is 1. The molecule has 1 heterocycles. The lowest BCUT2D eigenvalue weighted by Crippen LogP contribution is -2.54. The van der Waals surface area contributed by atoms with Gasteiger partial charge in [-0.2, -0.15) is 0 Å². The first-order valence-electron chi connectivity index (χ1n) is 11.4. The topological polar surface area (TPSA) is 158 Å². The molecule has 0 aromatic heterocycles. The molecule has 1 aliphatic heterocycles. The van der Waals surface area contributed by atoms with Crippen LogP contribution in [0.4, 0.5) is 10.5 Å². The van der Waals surface area contributed by atoms with Crippen LogP contribution in [0.3, 0.4) is 0 Å². The Balaban J connectivity index is 2.06. The SMILES string of the molecule is C/C(=N/O)C(=N)C(=N)OC(=N)Nc1cc(C)cc(CN2CCN(C(=O)OC(C)(C)C)[C@@H](C)C2)c1C. The highest BCUT2D eigenvalue weighted by molar-refractivity contribution is 6.65. The molecule has 0 bridgehead atoms. The lowest BCUT2D eigenvalue weighted by atomic mass is 10.0. The number of nitrogens with one attached hydrogen (secondary N) is 4. The van der Waals surface area contributed by atoms with Crippen LogP contribution in [-0.4, -0.2) is 75.7 Å². The predicted octanol–water partition coefficient (Wildman–Crippen LogP) is 3.96. The molecule has 0 radical (unpaired) electrons. The number of amides is 1. The fourth-order valence-corrected chi connectivity index (χ4v) is 3.75. The van der Waals surface area contributed by atoms with Crippen LogP contribution in [0.2, 0.25) is 0 Å². The fourth-order valence-electron chi connectivity index (χ4n) is 3.75. The first-order chi connectivity index (χ1) is 16.2. The maximum Gasteiger partial charge on any atom is 0.410 e. The van der Waals surface area contributed by atoms with Crippen molar-refractivity contribution in [1.29, 1.82) is 16.2 Å². The molecule has 0 saturated carbocycles. The van der Waals surface area contributed by atoms with Gasteiger partial charge >= 0.3 is 6.09 Å². The zero-order chi connectivity index (χ0) is 26.5. The van der Waals surface area contributed by atoms with Gasteiger partial charge in [-0.3, -0.25) is 21.1 Å². The van der Waals surface area contributed by atoms with E-state index < -0.39 is 23.2 Å². The summed E-state index contributed by atoms with van der Waals surface area (Å²) in [5, 5.41) is 38.1. The Morgan fingerprint density at radius 2 is 1.89 bits per heavy atom. The van der Waals surface area contributed by atoms with Crippen LogP contribution >= 0.6 is 0 Å². The number of hydrogen-bond donors (Lipinski definition) is 5. The Bertz CT molecular complexity index is 1030. The number of amidine groups is 1. The van der Waals surface area contributed by atoms with Gasteiger partial charge < -0.3 is 24.9 Å². The number of oxime groups is 1. The number of rotatable bonds is 5. The van der Waals surface area contributed by atoms with Crippen molar-refractivity contribution in [2.75, 3.05) is 25.0 Å². The lowest BCUT2D eigenvalue weighted by molar-refractivity contribution is 0.000538. The Labute approximate surface area is 206 Å². The molecular weight excluding hydrogens is 450 g/mol. The quantitative estimate of drug-likeness (QED) is 0.183. The third kappa shape index (κ3) is 7.78. The molecule has 0 spiro atoms. The molecule has 0 aliphatic carbocycles. The lowest BCUT2D eigenvalue weighted by Gasteiger charge is -2.40. The van der Waals surface area contributed by atoms with Crippen LogP contribution in [0.1, 0.15) is 51.3 Å². The van der Waals surface area contributed by atoms with Gasteiger partial charge in [0, 0.05) is 37.9 Å². The second kappa shape index (κ2) is 11.3. The van der Waals surface area contributed by atoms with E-state index in [1.807, 2.05) is 47.6 Å². The molecule has 1 atom stereocenters. The number of benzene rings is 1. The van der Waals surface area contributed by atoms with Gasteiger partial charge in [0.1, 0.15) is 17.0 Å². The van der Waals surface area contributed by atoms with Gasteiger partial charge in [-0.1, -0.05) is 11.2 Å². The molecule has 1 aromatic rings. The van der Waals surface area contributed by atoms with Crippen molar-refractivity contribution in [3.8, 4) is 0 Å². The number of hydrogen-bond acceptors (Lipinski definition) is 9. The third-order valence-corrected chi connectivity index (χ3v) is 5.58. The number of anilines is 1. The minimum atomic E-state index is -0.597. The van der Waals surface area contributed by atoms with Crippen LogP contribution in [0, 0.1) is 30.1 Å². The molecule has 1 saturated heterocycles. The van der Waals surface area contributed by atoms with E-state index in [0.29, 0.717) is 31.9 Å². The van der Waals surface area contributed by atoms with Gasteiger partial charge in [0.25, 0.3) is 6.02 Å². The number of piperazine rings is 1. The standard InChI is InChI=1S/C24H37N7O4/c1-14-10-18(13-30-8-9-31(15(2)12-30)23(32)35-24(5,6)7)16(3)19(11-14)28-22(27)34-21(26)20(25)17(4)29-33/h10-11,15,25-26,33H,8-9,12-13H2,1-7H3,(H2,27,28)/b25-20?,26-21?,29-17-/t15-/m0/s1. The van der Waals surface area contributed by atoms with Gasteiger partial charge in [0.15, 0.2) is 0 Å². The van der Waals surface area contributed by atoms with Gasteiger partial charge in [0.2, 0.25) is 5.90 Å². The number of nitrogens with zero attached hydrogens (tertiary/aromatic N) is 3. The van der Waals surface area contributed by atoms with Gasteiger partial charge in [-0.05, 0) is 71.2 Å². The first kappa shape index (κ1) is 27.8. The summed E-state index contributed by atoms with van der Waals surface area (Å²) in [6.07, 6.45) is -0.291. The summed E-state index contributed by atoms with van der Waals surface area (Å²) in [5.41, 5.74) is 2.63. The number of aryl methyl sites for hydroxylation is 1. The van der Waals surface area contributed by atoms with E-state index in [-0.39, 0.29) is 17.8 Å². The molecule has 35 heavy (non-hydrogen) atoms. The van der Waals surface area contributed by atoms with E-state index in [2.05, 4.69) is 21.4 Å². The van der Waals surface area contributed by atoms with Gasteiger partial charge in [0.05, 0.1) is 0 Å². The molecule has 1 aliphatic rings. The van der Waals surface area contributed by atoms with Crippen molar-refractivity contribution in [3.05, 3.63) is 28.8 Å². The number of carbonyl (C=O) groups is 1. The highest BCUT2D eigenvalue weighted by Gasteiger charge is 2.31. The molecule has 2 rings (SSSR count). The molecule has 1 fully saturated rings.